The van der Waals surface area contributed by atoms with E-state index < -0.39 is 0 Å². The van der Waals surface area contributed by atoms with Crippen LogP contribution in [-0.4, -0.2) is 45.4 Å². The molecular formula is C30H31N3O4S2. The minimum Gasteiger partial charge on any atom is -0.466 e. The van der Waals surface area contributed by atoms with Crippen LogP contribution in [-0.2, 0) is 27.9 Å². The van der Waals surface area contributed by atoms with Crippen molar-refractivity contribution in [3.63, 3.8) is 0 Å². The van der Waals surface area contributed by atoms with E-state index >= 15 is 0 Å². The van der Waals surface area contributed by atoms with Gasteiger partial charge in [0.15, 0.2) is 0 Å². The normalized spacial score (nSPS) is 17.5. The molecule has 0 atom stereocenters. The number of para-hydroxylation sites is 1. The molecule has 202 valence electrons. The van der Waals surface area contributed by atoms with Gasteiger partial charge >= 0.3 is 5.97 Å². The van der Waals surface area contributed by atoms with Crippen molar-refractivity contribution in [2.24, 2.45) is 13.0 Å². The third kappa shape index (κ3) is 5.38. The highest BCUT2D eigenvalue weighted by Crippen LogP contribution is 2.37. The Hall–Kier alpha value is -3.43. The van der Waals surface area contributed by atoms with E-state index in [4.69, 9.17) is 17.0 Å². The van der Waals surface area contributed by atoms with Crippen LogP contribution in [0.5, 0.6) is 0 Å². The summed E-state index contributed by atoms with van der Waals surface area (Å²) in [6, 6.07) is 15.8. The number of thioether (sulfide) groups is 1. The summed E-state index contributed by atoms with van der Waals surface area (Å²) in [6.07, 6.45) is 2.98. The maximum Gasteiger partial charge on any atom is 0.309 e. The van der Waals surface area contributed by atoms with E-state index in [-0.39, 0.29) is 23.4 Å². The number of carbonyl (C=O) groups excluding carboxylic acids is 2. The Morgan fingerprint density at radius 1 is 1.10 bits per heavy atom. The third-order valence-electron chi connectivity index (χ3n) is 7.35. The van der Waals surface area contributed by atoms with Crippen LogP contribution in [0.25, 0.3) is 17.0 Å². The Labute approximate surface area is 237 Å². The molecule has 7 nitrogen and oxygen atoms in total. The molecule has 2 aliphatic heterocycles. The van der Waals surface area contributed by atoms with Crippen molar-refractivity contribution in [3.8, 4) is 0 Å². The summed E-state index contributed by atoms with van der Waals surface area (Å²) in [4.78, 5) is 43.8. The lowest BCUT2D eigenvalue weighted by atomic mass is 9.95. The lowest BCUT2D eigenvalue weighted by Crippen LogP contribution is -2.38. The summed E-state index contributed by atoms with van der Waals surface area (Å²) in [5.74, 6) is -0.517. The predicted molar refractivity (Wildman–Crippen MR) is 161 cm³/mol. The molecule has 39 heavy (non-hydrogen) atoms. The van der Waals surface area contributed by atoms with Gasteiger partial charge in [0.1, 0.15) is 4.32 Å². The number of nitrogens with zero attached hydrogens (tertiary/aromatic N) is 3. The number of anilines is 1. The monoisotopic (exact) mass is 561 g/mol. The van der Waals surface area contributed by atoms with Gasteiger partial charge in [-0.25, -0.2) is 0 Å². The Morgan fingerprint density at radius 2 is 1.79 bits per heavy atom. The number of ether oxygens (including phenoxy) is 1. The van der Waals surface area contributed by atoms with Gasteiger partial charge in [-0.1, -0.05) is 72.0 Å². The molecule has 1 amide bonds. The summed E-state index contributed by atoms with van der Waals surface area (Å²) in [6.45, 7) is 5.80. The molecule has 2 saturated heterocycles. The van der Waals surface area contributed by atoms with Crippen LogP contribution in [0.1, 0.15) is 36.5 Å². The summed E-state index contributed by atoms with van der Waals surface area (Å²) >= 11 is 6.80. The number of hydrogen-bond acceptors (Lipinski definition) is 7. The van der Waals surface area contributed by atoms with Crippen molar-refractivity contribution in [1.82, 2.24) is 9.47 Å². The SMILES string of the molecule is CCOC(=O)C1CCN(c2c(C=C3SC(=S)N(Cc4ccc(C)cc4)C3=O)c(=O)n(C)c3ccccc23)CC1. The first-order chi connectivity index (χ1) is 18.8. The molecule has 3 aromatic rings. The molecule has 0 spiro atoms. The maximum atomic E-state index is 13.7. The predicted octanol–water partition coefficient (Wildman–Crippen LogP) is 5.03. The van der Waals surface area contributed by atoms with Crippen molar-refractivity contribution in [2.75, 3.05) is 24.6 Å². The first kappa shape index (κ1) is 27.1. The molecule has 9 heteroatoms. The fraction of sp³-hybridized carbons (Fsp3) is 0.333. The van der Waals surface area contributed by atoms with E-state index in [1.165, 1.54) is 11.8 Å². The highest BCUT2D eigenvalue weighted by molar-refractivity contribution is 8.26. The highest BCUT2D eigenvalue weighted by Gasteiger charge is 2.34. The second-order valence-corrected chi connectivity index (χ2v) is 11.6. The molecule has 0 radical (unpaired) electrons. The number of hydrogen-bond donors (Lipinski definition) is 0. The van der Waals surface area contributed by atoms with Gasteiger partial charge in [0.05, 0.1) is 40.7 Å². The first-order valence-corrected chi connectivity index (χ1v) is 14.3. The number of thiocarbonyl (C=S) groups is 1. The average Bonchev–Trinajstić information content (AvgIpc) is 3.20. The third-order valence-corrected chi connectivity index (χ3v) is 8.73. The summed E-state index contributed by atoms with van der Waals surface area (Å²) in [5.41, 5.74) is 4.02. The number of carbonyl (C=O) groups is 2. The van der Waals surface area contributed by atoms with Crippen LogP contribution in [0, 0.1) is 12.8 Å². The molecule has 3 heterocycles. The molecule has 2 aromatic carbocycles. The number of esters is 1. The number of pyridine rings is 1. The summed E-state index contributed by atoms with van der Waals surface area (Å²) in [5, 5.41) is 0.926. The van der Waals surface area contributed by atoms with Crippen molar-refractivity contribution in [3.05, 3.63) is 80.5 Å². The van der Waals surface area contributed by atoms with Crippen LogP contribution in [0.3, 0.4) is 0 Å². The van der Waals surface area contributed by atoms with Gasteiger partial charge in [-0.2, -0.15) is 0 Å². The van der Waals surface area contributed by atoms with Gasteiger partial charge < -0.3 is 14.2 Å². The standard InChI is InChI=1S/C30H31N3O4S2/c1-4-37-29(36)21-13-15-32(16-14-21)26-22-7-5-6-8-24(22)31(3)27(34)23(26)17-25-28(35)33(30(38)39-25)18-20-11-9-19(2)10-12-20/h5-12,17,21H,4,13-16,18H2,1-3H3. The molecule has 2 fully saturated rings. The zero-order valence-electron chi connectivity index (χ0n) is 22.3. The number of aromatic nitrogens is 1. The highest BCUT2D eigenvalue weighted by atomic mass is 32.2. The lowest BCUT2D eigenvalue weighted by molar-refractivity contribution is -0.148. The average molecular weight is 562 g/mol. The van der Waals surface area contributed by atoms with Crippen LogP contribution < -0.4 is 10.5 Å². The molecule has 2 aliphatic rings. The number of benzene rings is 2. The number of amides is 1. The summed E-state index contributed by atoms with van der Waals surface area (Å²) < 4.78 is 7.34. The van der Waals surface area contributed by atoms with Gasteiger partial charge in [-0.05, 0) is 44.4 Å². The van der Waals surface area contributed by atoms with Gasteiger partial charge in [-0.3, -0.25) is 19.3 Å². The largest absolute Gasteiger partial charge is 0.466 e. The second-order valence-electron chi connectivity index (χ2n) is 9.91. The zero-order valence-corrected chi connectivity index (χ0v) is 23.9. The molecule has 0 N–H and O–H groups in total. The minimum absolute atomic E-state index is 0.152. The van der Waals surface area contributed by atoms with Crippen molar-refractivity contribution in [2.45, 2.75) is 33.2 Å². The fourth-order valence-electron chi connectivity index (χ4n) is 5.22. The van der Waals surface area contributed by atoms with E-state index in [0.29, 0.717) is 53.9 Å². The Balaban J connectivity index is 1.52. The second kappa shape index (κ2) is 11.4. The minimum atomic E-state index is -0.201. The topological polar surface area (TPSA) is 71.8 Å². The van der Waals surface area contributed by atoms with Crippen LogP contribution in [0.15, 0.2) is 58.2 Å². The van der Waals surface area contributed by atoms with E-state index in [1.54, 1.807) is 22.6 Å². The quantitative estimate of drug-likeness (QED) is 0.238. The first-order valence-electron chi connectivity index (χ1n) is 13.1. The molecular weight excluding hydrogens is 530 g/mol. The van der Waals surface area contributed by atoms with E-state index in [0.717, 1.165) is 27.7 Å². The van der Waals surface area contributed by atoms with Crippen LogP contribution in [0.4, 0.5) is 5.69 Å². The zero-order chi connectivity index (χ0) is 27.7. The van der Waals surface area contributed by atoms with Crippen LogP contribution in [0.2, 0.25) is 0 Å². The van der Waals surface area contributed by atoms with Crippen molar-refractivity contribution >= 4 is 62.8 Å². The van der Waals surface area contributed by atoms with Gasteiger partial charge in [-0.15, -0.1) is 0 Å². The van der Waals surface area contributed by atoms with E-state index in [2.05, 4.69) is 4.90 Å². The van der Waals surface area contributed by atoms with E-state index in [9.17, 15) is 14.4 Å². The lowest BCUT2D eigenvalue weighted by Gasteiger charge is -2.34. The Bertz CT molecular complexity index is 1540. The summed E-state index contributed by atoms with van der Waals surface area (Å²) in [7, 11) is 1.75. The number of rotatable bonds is 6. The Kier molecular flexibility index (Phi) is 7.91. The molecule has 0 saturated carbocycles. The molecule has 0 aliphatic carbocycles. The van der Waals surface area contributed by atoms with Crippen molar-refractivity contribution < 1.29 is 14.3 Å². The Morgan fingerprint density at radius 3 is 2.49 bits per heavy atom. The molecule has 1 aromatic heterocycles. The van der Waals surface area contributed by atoms with Gasteiger partial charge in [0.2, 0.25) is 0 Å². The van der Waals surface area contributed by atoms with Gasteiger partial charge in [0.25, 0.3) is 11.5 Å². The number of piperidine rings is 1. The molecule has 0 bridgehead atoms. The smallest absolute Gasteiger partial charge is 0.309 e. The van der Waals surface area contributed by atoms with Gasteiger partial charge in [0, 0.05) is 25.5 Å². The fourth-order valence-corrected chi connectivity index (χ4v) is 6.45. The molecule has 0 unspecified atom stereocenters. The molecule has 5 rings (SSSR count). The maximum absolute atomic E-state index is 13.7. The van der Waals surface area contributed by atoms with E-state index in [1.807, 2.05) is 62.4 Å². The number of aryl methyl sites for hydroxylation is 2. The van der Waals surface area contributed by atoms with Crippen molar-refractivity contribution in [1.29, 1.82) is 0 Å². The van der Waals surface area contributed by atoms with Crippen LogP contribution >= 0.6 is 24.0 Å². The number of fused-ring (bicyclic) bond motifs is 1.